The van der Waals surface area contributed by atoms with Crippen LogP contribution in [0.5, 0.6) is 0 Å². The van der Waals surface area contributed by atoms with E-state index in [2.05, 4.69) is 25.3 Å². The monoisotopic (exact) mass is 355 g/mol. The predicted molar refractivity (Wildman–Crippen MR) is 82.6 cm³/mol. The number of rotatable bonds is 4. The van der Waals surface area contributed by atoms with Crippen molar-refractivity contribution in [3.05, 3.63) is 5.82 Å². The molecule has 0 unspecified atom stereocenters. The number of β-amino-alcohol motifs (C(OH)–C–C–N with tert-alkyl or cyclic N) is 1. The molecule has 0 bridgehead atoms. The fraction of sp³-hybridized carbons (Fsp3) is 0.700. The molecule has 4 N–H and O–H groups in total. The molecular formula is C10H16Cl3N7O. The van der Waals surface area contributed by atoms with Crippen molar-refractivity contribution in [2.75, 3.05) is 49.7 Å². The van der Waals surface area contributed by atoms with Crippen molar-refractivity contribution in [2.45, 2.75) is 3.79 Å². The quantitative estimate of drug-likeness (QED) is 0.396. The second-order valence-electron chi connectivity index (χ2n) is 4.48. The lowest BCUT2D eigenvalue weighted by Crippen LogP contribution is -2.48. The smallest absolute Gasteiger partial charge is 0.250 e. The van der Waals surface area contributed by atoms with Gasteiger partial charge in [0.1, 0.15) is 0 Å². The van der Waals surface area contributed by atoms with Crippen molar-refractivity contribution in [3.63, 3.8) is 0 Å². The van der Waals surface area contributed by atoms with Gasteiger partial charge in [-0.2, -0.15) is 15.0 Å². The Kier molecular flexibility index (Phi) is 5.64. The molecule has 1 aliphatic heterocycles. The van der Waals surface area contributed by atoms with Gasteiger partial charge in [0, 0.05) is 32.7 Å². The number of aromatic nitrogens is 3. The normalized spacial score (nSPS) is 17.1. The third-order valence-electron chi connectivity index (χ3n) is 3.08. The summed E-state index contributed by atoms with van der Waals surface area (Å²) in [6.07, 6.45) is 0. The highest BCUT2D eigenvalue weighted by Gasteiger charge is 2.29. The first-order valence-electron chi connectivity index (χ1n) is 6.32. The van der Waals surface area contributed by atoms with Crippen molar-refractivity contribution in [3.8, 4) is 0 Å². The van der Waals surface area contributed by atoms with Crippen molar-refractivity contribution >= 4 is 46.7 Å². The van der Waals surface area contributed by atoms with Crippen LogP contribution in [-0.4, -0.2) is 64.3 Å². The Morgan fingerprint density at radius 3 is 2.33 bits per heavy atom. The van der Waals surface area contributed by atoms with Crippen molar-refractivity contribution < 1.29 is 5.11 Å². The number of alkyl halides is 3. The van der Waals surface area contributed by atoms with Gasteiger partial charge in [0.05, 0.1) is 6.61 Å². The van der Waals surface area contributed by atoms with Gasteiger partial charge in [-0.1, -0.05) is 34.8 Å². The molecule has 1 aromatic rings. The summed E-state index contributed by atoms with van der Waals surface area (Å²) < 4.78 is -1.75. The molecule has 0 spiro atoms. The standard InChI is InChI=1S/C10H16Cl3N7O/c11-10(12,13)7-15-8(18-14)17-9(16-7)20-3-1-19(2-4-20)5-6-21/h21H,1-6,14H2,(H,15,16,17,18). The number of nitrogens with two attached hydrogens (primary N) is 1. The van der Waals surface area contributed by atoms with E-state index in [9.17, 15) is 0 Å². The number of nitrogen functional groups attached to an aromatic ring is 1. The van der Waals surface area contributed by atoms with Crippen molar-refractivity contribution in [2.24, 2.45) is 5.84 Å². The Balaban J connectivity index is 2.16. The summed E-state index contributed by atoms with van der Waals surface area (Å²) in [5.41, 5.74) is 2.34. The first kappa shape index (κ1) is 16.7. The van der Waals surface area contributed by atoms with E-state index in [4.69, 9.17) is 45.8 Å². The summed E-state index contributed by atoms with van der Waals surface area (Å²) in [7, 11) is 0. The Morgan fingerprint density at radius 2 is 1.81 bits per heavy atom. The second kappa shape index (κ2) is 7.08. The van der Waals surface area contributed by atoms with Crippen LogP contribution < -0.4 is 16.2 Å². The van der Waals surface area contributed by atoms with Crippen LogP contribution in [0.1, 0.15) is 5.82 Å². The van der Waals surface area contributed by atoms with E-state index in [0.29, 0.717) is 25.6 Å². The minimum absolute atomic E-state index is 0.0169. The maximum atomic E-state index is 8.94. The average Bonchev–Trinajstić information content (AvgIpc) is 2.47. The summed E-state index contributed by atoms with van der Waals surface area (Å²) in [6, 6.07) is 0. The van der Waals surface area contributed by atoms with E-state index < -0.39 is 3.79 Å². The van der Waals surface area contributed by atoms with Gasteiger partial charge < -0.3 is 10.0 Å². The highest BCUT2D eigenvalue weighted by Crippen LogP contribution is 2.36. The Bertz CT molecular complexity index is 476. The Morgan fingerprint density at radius 1 is 1.14 bits per heavy atom. The molecule has 0 radical (unpaired) electrons. The zero-order valence-electron chi connectivity index (χ0n) is 11.1. The molecule has 1 aliphatic rings. The van der Waals surface area contributed by atoms with Crippen molar-refractivity contribution in [1.29, 1.82) is 0 Å². The van der Waals surface area contributed by atoms with E-state index >= 15 is 0 Å². The van der Waals surface area contributed by atoms with Crippen LogP contribution in [0, 0.1) is 0 Å². The minimum atomic E-state index is -1.75. The van der Waals surface area contributed by atoms with Gasteiger partial charge in [0.2, 0.25) is 15.7 Å². The zero-order valence-corrected chi connectivity index (χ0v) is 13.4. The summed E-state index contributed by atoms with van der Waals surface area (Å²) in [5, 5.41) is 8.94. The topological polar surface area (TPSA) is 103 Å². The van der Waals surface area contributed by atoms with E-state index in [1.165, 1.54) is 0 Å². The molecule has 2 heterocycles. The summed E-state index contributed by atoms with van der Waals surface area (Å²) in [4.78, 5) is 16.4. The lowest BCUT2D eigenvalue weighted by Gasteiger charge is -2.34. The third kappa shape index (κ3) is 4.41. The van der Waals surface area contributed by atoms with E-state index in [-0.39, 0.29) is 18.4 Å². The molecule has 118 valence electrons. The van der Waals surface area contributed by atoms with Gasteiger partial charge >= 0.3 is 0 Å². The molecule has 0 saturated carbocycles. The second-order valence-corrected chi connectivity index (χ2v) is 6.76. The number of hydrazine groups is 1. The molecule has 1 aromatic heterocycles. The molecule has 2 rings (SSSR count). The largest absolute Gasteiger partial charge is 0.395 e. The lowest BCUT2D eigenvalue weighted by atomic mass is 10.3. The summed E-state index contributed by atoms with van der Waals surface area (Å²) in [5.74, 6) is 5.90. The van der Waals surface area contributed by atoms with Gasteiger partial charge in [-0.15, -0.1) is 0 Å². The van der Waals surface area contributed by atoms with Crippen LogP contribution in [0.3, 0.4) is 0 Å². The molecule has 0 aromatic carbocycles. The number of nitrogens with one attached hydrogen (secondary N) is 1. The van der Waals surface area contributed by atoms with Gasteiger partial charge in [-0.3, -0.25) is 10.3 Å². The van der Waals surface area contributed by atoms with Crippen molar-refractivity contribution in [1.82, 2.24) is 19.9 Å². The number of aliphatic hydroxyl groups excluding tert-OH is 1. The molecule has 8 nitrogen and oxygen atoms in total. The maximum absolute atomic E-state index is 8.94. The molecule has 0 aliphatic carbocycles. The van der Waals surface area contributed by atoms with E-state index in [1.807, 2.05) is 4.90 Å². The van der Waals surface area contributed by atoms with Gasteiger partial charge in [-0.25, -0.2) is 5.84 Å². The molecule has 1 fully saturated rings. The van der Waals surface area contributed by atoms with E-state index in [1.54, 1.807) is 0 Å². The fourth-order valence-corrected chi connectivity index (χ4v) is 2.26. The molecular weight excluding hydrogens is 341 g/mol. The summed E-state index contributed by atoms with van der Waals surface area (Å²) >= 11 is 17.5. The number of nitrogens with zero attached hydrogens (tertiary/aromatic N) is 5. The number of hydrogen-bond acceptors (Lipinski definition) is 8. The first-order chi connectivity index (χ1) is 9.94. The molecule has 11 heteroatoms. The van der Waals surface area contributed by atoms with Gasteiger partial charge in [-0.05, 0) is 0 Å². The molecule has 1 saturated heterocycles. The lowest BCUT2D eigenvalue weighted by molar-refractivity contribution is 0.188. The first-order valence-corrected chi connectivity index (χ1v) is 7.45. The van der Waals surface area contributed by atoms with Crippen LogP contribution in [0.4, 0.5) is 11.9 Å². The predicted octanol–water partition coefficient (Wildman–Crippen LogP) is 0.0982. The fourth-order valence-electron chi connectivity index (χ4n) is 2.01. The highest BCUT2D eigenvalue weighted by molar-refractivity contribution is 6.66. The molecule has 0 atom stereocenters. The van der Waals surface area contributed by atoms with Crippen LogP contribution in [0.15, 0.2) is 0 Å². The molecule has 21 heavy (non-hydrogen) atoms. The third-order valence-corrected chi connectivity index (χ3v) is 3.58. The maximum Gasteiger partial charge on any atom is 0.250 e. The SMILES string of the molecule is NNc1nc(N2CCN(CCO)CC2)nc(C(Cl)(Cl)Cl)n1. The molecule has 0 amide bonds. The summed E-state index contributed by atoms with van der Waals surface area (Å²) in [6.45, 7) is 3.78. The minimum Gasteiger partial charge on any atom is -0.395 e. The number of aliphatic hydroxyl groups is 1. The average molecular weight is 357 g/mol. The van der Waals surface area contributed by atoms with Crippen LogP contribution in [0.25, 0.3) is 0 Å². The highest BCUT2D eigenvalue weighted by atomic mass is 35.6. The number of anilines is 2. The number of halogens is 3. The van der Waals surface area contributed by atoms with Crippen LogP contribution in [-0.2, 0) is 3.79 Å². The van der Waals surface area contributed by atoms with Crippen LogP contribution >= 0.6 is 34.8 Å². The Labute approximate surface area is 137 Å². The number of hydrogen-bond donors (Lipinski definition) is 3. The Hall–Kier alpha value is -0.640. The van der Waals surface area contributed by atoms with E-state index in [0.717, 1.165) is 13.1 Å². The van der Waals surface area contributed by atoms with Crippen LogP contribution in [0.2, 0.25) is 0 Å². The number of piperazine rings is 1. The zero-order chi connectivity index (χ0) is 15.5. The van der Waals surface area contributed by atoms with Gasteiger partial charge in [0.25, 0.3) is 0 Å². The van der Waals surface area contributed by atoms with Gasteiger partial charge in [0.15, 0.2) is 5.82 Å².